The number of aryl methyl sites for hydroxylation is 1. The van der Waals surface area contributed by atoms with Gasteiger partial charge in [0.05, 0.1) is 0 Å². The van der Waals surface area contributed by atoms with Gasteiger partial charge in [-0.05, 0) is 40.8 Å². The first-order chi connectivity index (χ1) is 15.3. The summed E-state index contributed by atoms with van der Waals surface area (Å²) in [5.74, 6) is 0.924. The zero-order valence-corrected chi connectivity index (χ0v) is 17.6. The average Bonchev–Trinajstić information content (AvgIpc) is 2.81. The lowest BCUT2D eigenvalue weighted by Crippen LogP contribution is -2.05. The maximum absolute atomic E-state index is 6.32. The third kappa shape index (κ3) is 4.10. The maximum atomic E-state index is 6.32. The minimum Gasteiger partial charge on any atom is -0.489 e. The van der Waals surface area contributed by atoms with Crippen molar-refractivity contribution < 1.29 is 4.74 Å². The fraction of sp³-hybridized carbons (Fsp3) is 0.103. The number of benzene rings is 5. The molecule has 0 radical (unpaired) electrons. The van der Waals surface area contributed by atoms with Gasteiger partial charge in [0.2, 0.25) is 0 Å². The molecule has 1 N–H and O–H groups in total. The molecule has 0 saturated heterocycles. The fourth-order valence-corrected chi connectivity index (χ4v) is 4.16. The predicted octanol–water partition coefficient (Wildman–Crippen LogP) is 7.49. The van der Waals surface area contributed by atoms with Crippen LogP contribution < -0.4 is 10.1 Å². The monoisotopic (exact) mass is 403 g/mol. The SMILES string of the molecule is Cc1cccc(COc2ccc3ccccc3c2CNc2cccc3ccccc23)c1. The molecule has 2 heteroatoms. The van der Waals surface area contributed by atoms with Crippen LogP contribution in [0, 0.1) is 6.92 Å². The standard InChI is InChI=1S/C29H25NO/c1-21-8-6-9-22(18-21)20-31-29-17-16-24-11-2-4-13-25(24)27(29)19-30-28-15-7-12-23-10-3-5-14-26(23)28/h2-18,30H,19-20H2,1H3. The second-order valence-electron chi connectivity index (χ2n) is 7.92. The Hall–Kier alpha value is -3.78. The second-order valence-corrected chi connectivity index (χ2v) is 7.92. The van der Waals surface area contributed by atoms with Crippen molar-refractivity contribution in [1.29, 1.82) is 0 Å². The van der Waals surface area contributed by atoms with Crippen LogP contribution in [0.3, 0.4) is 0 Å². The minimum absolute atomic E-state index is 0.557. The topological polar surface area (TPSA) is 21.3 Å². The zero-order valence-electron chi connectivity index (χ0n) is 17.6. The molecule has 31 heavy (non-hydrogen) atoms. The average molecular weight is 404 g/mol. The fourth-order valence-electron chi connectivity index (χ4n) is 4.16. The van der Waals surface area contributed by atoms with Crippen molar-refractivity contribution in [2.75, 3.05) is 5.32 Å². The first-order valence-corrected chi connectivity index (χ1v) is 10.7. The van der Waals surface area contributed by atoms with Crippen molar-refractivity contribution in [2.24, 2.45) is 0 Å². The van der Waals surface area contributed by atoms with E-state index in [1.54, 1.807) is 0 Å². The molecule has 0 fully saturated rings. The van der Waals surface area contributed by atoms with E-state index in [0.717, 1.165) is 11.4 Å². The van der Waals surface area contributed by atoms with Gasteiger partial charge in [-0.1, -0.05) is 96.6 Å². The van der Waals surface area contributed by atoms with Crippen LogP contribution in [0.5, 0.6) is 5.75 Å². The molecule has 0 saturated carbocycles. The van der Waals surface area contributed by atoms with E-state index in [1.165, 1.54) is 38.2 Å². The summed E-state index contributed by atoms with van der Waals surface area (Å²) in [6.45, 7) is 3.36. The second kappa shape index (κ2) is 8.53. The Balaban J connectivity index is 1.47. The molecular formula is C29H25NO. The number of ether oxygens (including phenoxy) is 1. The highest BCUT2D eigenvalue weighted by Gasteiger charge is 2.10. The third-order valence-electron chi connectivity index (χ3n) is 5.72. The minimum atomic E-state index is 0.557. The van der Waals surface area contributed by atoms with E-state index in [9.17, 15) is 0 Å². The van der Waals surface area contributed by atoms with E-state index >= 15 is 0 Å². The number of anilines is 1. The van der Waals surface area contributed by atoms with Crippen LogP contribution in [0.25, 0.3) is 21.5 Å². The van der Waals surface area contributed by atoms with Crippen molar-refractivity contribution in [1.82, 2.24) is 0 Å². The molecule has 0 amide bonds. The third-order valence-corrected chi connectivity index (χ3v) is 5.72. The molecule has 5 aromatic rings. The molecule has 0 atom stereocenters. The largest absolute Gasteiger partial charge is 0.489 e. The Kier molecular flexibility index (Phi) is 5.28. The van der Waals surface area contributed by atoms with Gasteiger partial charge in [0, 0.05) is 23.2 Å². The summed E-state index contributed by atoms with van der Waals surface area (Å²) in [4.78, 5) is 0. The lowest BCUT2D eigenvalue weighted by molar-refractivity contribution is 0.304. The van der Waals surface area contributed by atoms with E-state index in [2.05, 4.69) is 115 Å². The van der Waals surface area contributed by atoms with Gasteiger partial charge in [-0.25, -0.2) is 0 Å². The molecule has 0 spiro atoms. The van der Waals surface area contributed by atoms with Crippen molar-refractivity contribution in [2.45, 2.75) is 20.1 Å². The molecule has 0 heterocycles. The van der Waals surface area contributed by atoms with E-state index in [1.807, 2.05) is 0 Å². The lowest BCUT2D eigenvalue weighted by Gasteiger charge is -2.17. The Labute approximate surface area is 183 Å². The molecule has 0 bridgehead atoms. The molecule has 5 aromatic carbocycles. The van der Waals surface area contributed by atoms with Gasteiger partial charge >= 0.3 is 0 Å². The number of rotatable bonds is 6. The number of hydrogen-bond acceptors (Lipinski definition) is 2. The van der Waals surface area contributed by atoms with Gasteiger partial charge in [0.15, 0.2) is 0 Å². The quantitative estimate of drug-likeness (QED) is 0.317. The molecule has 0 aliphatic rings. The molecule has 2 nitrogen and oxygen atoms in total. The van der Waals surface area contributed by atoms with Gasteiger partial charge in [-0.2, -0.15) is 0 Å². The molecule has 0 aliphatic carbocycles. The summed E-state index contributed by atoms with van der Waals surface area (Å²) in [6, 6.07) is 36.1. The lowest BCUT2D eigenvalue weighted by atomic mass is 10.0. The van der Waals surface area contributed by atoms with Gasteiger partial charge in [-0.15, -0.1) is 0 Å². The number of fused-ring (bicyclic) bond motifs is 2. The van der Waals surface area contributed by atoms with E-state index < -0.39 is 0 Å². The van der Waals surface area contributed by atoms with E-state index in [4.69, 9.17) is 4.74 Å². The normalized spacial score (nSPS) is 11.0. The van der Waals surface area contributed by atoms with Crippen LogP contribution in [-0.2, 0) is 13.2 Å². The molecule has 0 aromatic heterocycles. The van der Waals surface area contributed by atoms with E-state index in [0.29, 0.717) is 13.2 Å². The van der Waals surface area contributed by atoms with Crippen molar-refractivity contribution >= 4 is 27.2 Å². The summed E-state index contributed by atoms with van der Waals surface area (Å²) in [5.41, 5.74) is 4.74. The van der Waals surface area contributed by atoms with Gasteiger partial charge < -0.3 is 10.1 Å². The summed E-state index contributed by atoms with van der Waals surface area (Å²) < 4.78 is 6.32. The van der Waals surface area contributed by atoms with Crippen LogP contribution in [0.15, 0.2) is 103 Å². The Morgan fingerprint density at radius 2 is 1.39 bits per heavy atom. The molecule has 0 aliphatic heterocycles. The first-order valence-electron chi connectivity index (χ1n) is 10.7. The zero-order chi connectivity index (χ0) is 21.0. The van der Waals surface area contributed by atoms with Crippen LogP contribution in [-0.4, -0.2) is 0 Å². The summed E-state index contributed by atoms with van der Waals surface area (Å²) in [5, 5.41) is 8.57. The Morgan fingerprint density at radius 1 is 0.677 bits per heavy atom. The highest BCUT2D eigenvalue weighted by atomic mass is 16.5. The van der Waals surface area contributed by atoms with Crippen LogP contribution >= 0.6 is 0 Å². The predicted molar refractivity (Wildman–Crippen MR) is 131 cm³/mol. The maximum Gasteiger partial charge on any atom is 0.125 e. The van der Waals surface area contributed by atoms with E-state index in [-0.39, 0.29) is 0 Å². The van der Waals surface area contributed by atoms with Crippen LogP contribution in [0.1, 0.15) is 16.7 Å². The number of hydrogen-bond donors (Lipinski definition) is 1. The van der Waals surface area contributed by atoms with Gasteiger partial charge in [0.1, 0.15) is 12.4 Å². The summed E-state index contributed by atoms with van der Waals surface area (Å²) >= 11 is 0. The highest BCUT2D eigenvalue weighted by molar-refractivity contribution is 5.94. The smallest absolute Gasteiger partial charge is 0.125 e. The van der Waals surface area contributed by atoms with Gasteiger partial charge in [0.25, 0.3) is 0 Å². The summed E-state index contributed by atoms with van der Waals surface area (Å²) in [7, 11) is 0. The summed E-state index contributed by atoms with van der Waals surface area (Å²) in [6.07, 6.45) is 0. The molecule has 0 unspecified atom stereocenters. The first kappa shape index (κ1) is 19.2. The van der Waals surface area contributed by atoms with Crippen LogP contribution in [0.2, 0.25) is 0 Å². The van der Waals surface area contributed by atoms with Crippen LogP contribution in [0.4, 0.5) is 5.69 Å². The van der Waals surface area contributed by atoms with Crippen molar-refractivity contribution in [3.05, 3.63) is 120 Å². The molecule has 5 rings (SSSR count). The number of nitrogens with one attached hydrogen (secondary N) is 1. The van der Waals surface area contributed by atoms with Crippen molar-refractivity contribution in [3.8, 4) is 5.75 Å². The van der Waals surface area contributed by atoms with Crippen molar-refractivity contribution in [3.63, 3.8) is 0 Å². The van der Waals surface area contributed by atoms with Gasteiger partial charge in [-0.3, -0.25) is 0 Å². The molecule has 152 valence electrons. The Morgan fingerprint density at radius 3 is 2.23 bits per heavy atom. The Bertz CT molecular complexity index is 1350. The highest BCUT2D eigenvalue weighted by Crippen LogP contribution is 2.31. The molecular weight excluding hydrogens is 378 g/mol.